The van der Waals surface area contributed by atoms with Crippen molar-refractivity contribution < 1.29 is 8.42 Å². The molecule has 0 bridgehead atoms. The van der Waals surface area contributed by atoms with Gasteiger partial charge in [-0.15, -0.1) is 0 Å². The van der Waals surface area contributed by atoms with E-state index in [0.29, 0.717) is 11.4 Å². The van der Waals surface area contributed by atoms with E-state index in [4.69, 9.17) is 5.73 Å². The highest BCUT2D eigenvalue weighted by Crippen LogP contribution is 2.25. The summed E-state index contributed by atoms with van der Waals surface area (Å²) in [6.07, 6.45) is 4.41. The Bertz CT molecular complexity index is 651. The van der Waals surface area contributed by atoms with Crippen LogP contribution in [0.2, 0.25) is 0 Å². The molecular formula is C12H13N3O2S. The highest BCUT2D eigenvalue weighted by Gasteiger charge is 2.04. The Hall–Kier alpha value is -2.08. The fraction of sp³-hybridized carbons (Fsp3) is 0.0833. The SMILES string of the molecule is CS(=O)(=O)Nc1ccc(-c2cnccc2N)cc1. The van der Waals surface area contributed by atoms with Gasteiger partial charge in [0.2, 0.25) is 10.0 Å². The first-order valence-electron chi connectivity index (χ1n) is 5.23. The normalized spacial score (nSPS) is 11.2. The number of anilines is 2. The highest BCUT2D eigenvalue weighted by atomic mass is 32.2. The Labute approximate surface area is 106 Å². The van der Waals surface area contributed by atoms with Crippen LogP contribution in [0.15, 0.2) is 42.7 Å². The Morgan fingerprint density at radius 2 is 1.83 bits per heavy atom. The summed E-state index contributed by atoms with van der Waals surface area (Å²) >= 11 is 0. The zero-order valence-electron chi connectivity index (χ0n) is 9.79. The van der Waals surface area contributed by atoms with Crippen LogP contribution in [0.1, 0.15) is 0 Å². The summed E-state index contributed by atoms with van der Waals surface area (Å²) in [5.74, 6) is 0. The van der Waals surface area contributed by atoms with Gasteiger partial charge in [-0.2, -0.15) is 0 Å². The van der Waals surface area contributed by atoms with Gasteiger partial charge >= 0.3 is 0 Å². The molecule has 0 saturated heterocycles. The Morgan fingerprint density at radius 1 is 1.17 bits per heavy atom. The first-order valence-corrected chi connectivity index (χ1v) is 7.12. The number of nitrogens with two attached hydrogens (primary N) is 1. The second-order valence-electron chi connectivity index (χ2n) is 3.91. The molecule has 0 amide bonds. The molecular weight excluding hydrogens is 250 g/mol. The average Bonchev–Trinajstić information content (AvgIpc) is 2.29. The van der Waals surface area contributed by atoms with E-state index in [0.717, 1.165) is 17.4 Å². The number of benzene rings is 1. The largest absolute Gasteiger partial charge is 0.398 e. The number of nitrogen functional groups attached to an aromatic ring is 1. The van der Waals surface area contributed by atoms with Crippen LogP contribution in [0.5, 0.6) is 0 Å². The van der Waals surface area contributed by atoms with E-state index < -0.39 is 10.0 Å². The Balaban J connectivity index is 2.31. The molecule has 6 heteroatoms. The fourth-order valence-corrected chi connectivity index (χ4v) is 2.14. The van der Waals surface area contributed by atoms with Crippen LogP contribution in [-0.2, 0) is 10.0 Å². The lowest BCUT2D eigenvalue weighted by atomic mass is 10.1. The first kappa shape index (κ1) is 12.4. The van der Waals surface area contributed by atoms with E-state index in [-0.39, 0.29) is 0 Å². The molecule has 0 spiro atoms. The number of pyridine rings is 1. The molecule has 94 valence electrons. The molecule has 0 radical (unpaired) electrons. The van der Waals surface area contributed by atoms with Gasteiger partial charge in [0.1, 0.15) is 0 Å². The topological polar surface area (TPSA) is 85.1 Å². The summed E-state index contributed by atoms with van der Waals surface area (Å²) in [4.78, 5) is 4.01. The van der Waals surface area contributed by atoms with Gasteiger partial charge in [-0.3, -0.25) is 9.71 Å². The van der Waals surface area contributed by atoms with Crippen LogP contribution < -0.4 is 10.5 Å². The fourth-order valence-electron chi connectivity index (χ4n) is 1.58. The number of rotatable bonds is 3. The minimum Gasteiger partial charge on any atom is -0.398 e. The molecule has 5 nitrogen and oxygen atoms in total. The van der Waals surface area contributed by atoms with Crippen LogP contribution in [0.3, 0.4) is 0 Å². The monoisotopic (exact) mass is 263 g/mol. The summed E-state index contributed by atoms with van der Waals surface area (Å²) in [6.45, 7) is 0. The summed E-state index contributed by atoms with van der Waals surface area (Å²) in [5.41, 5.74) is 8.70. The summed E-state index contributed by atoms with van der Waals surface area (Å²) < 4.78 is 24.5. The van der Waals surface area contributed by atoms with Crippen molar-refractivity contribution in [3.8, 4) is 11.1 Å². The van der Waals surface area contributed by atoms with Crippen molar-refractivity contribution in [1.82, 2.24) is 4.98 Å². The standard InChI is InChI=1S/C12H13N3O2S/c1-18(16,17)15-10-4-2-9(3-5-10)11-8-14-7-6-12(11)13/h2-8,15H,1H3,(H2,13,14). The second kappa shape index (κ2) is 4.66. The van der Waals surface area contributed by atoms with Gasteiger partial charge in [0.05, 0.1) is 6.26 Å². The lowest BCUT2D eigenvalue weighted by molar-refractivity contribution is 0.607. The predicted molar refractivity (Wildman–Crippen MR) is 72.6 cm³/mol. The molecule has 0 saturated carbocycles. The van der Waals surface area contributed by atoms with E-state index in [2.05, 4.69) is 9.71 Å². The van der Waals surface area contributed by atoms with Crippen LogP contribution >= 0.6 is 0 Å². The van der Waals surface area contributed by atoms with Crippen molar-refractivity contribution in [2.75, 3.05) is 16.7 Å². The van der Waals surface area contributed by atoms with Crippen LogP contribution in [-0.4, -0.2) is 19.7 Å². The summed E-state index contributed by atoms with van der Waals surface area (Å²) in [5, 5.41) is 0. The molecule has 2 aromatic rings. The molecule has 1 aromatic heterocycles. The van der Waals surface area contributed by atoms with Gasteiger partial charge in [0.25, 0.3) is 0 Å². The van der Waals surface area contributed by atoms with E-state index >= 15 is 0 Å². The molecule has 0 aliphatic rings. The lowest BCUT2D eigenvalue weighted by Gasteiger charge is -2.07. The molecule has 0 aliphatic heterocycles. The van der Waals surface area contributed by atoms with E-state index in [1.54, 1.807) is 42.7 Å². The van der Waals surface area contributed by atoms with Gasteiger partial charge in [-0.25, -0.2) is 8.42 Å². The van der Waals surface area contributed by atoms with Crippen molar-refractivity contribution in [3.05, 3.63) is 42.7 Å². The lowest BCUT2D eigenvalue weighted by Crippen LogP contribution is -2.09. The maximum atomic E-state index is 11.1. The number of hydrogen-bond acceptors (Lipinski definition) is 4. The molecule has 1 aromatic carbocycles. The van der Waals surface area contributed by atoms with Gasteiger partial charge < -0.3 is 5.73 Å². The number of nitrogens with one attached hydrogen (secondary N) is 1. The maximum absolute atomic E-state index is 11.1. The minimum absolute atomic E-state index is 0.517. The van der Waals surface area contributed by atoms with Crippen LogP contribution in [0.4, 0.5) is 11.4 Å². The molecule has 0 aliphatic carbocycles. The van der Waals surface area contributed by atoms with E-state index in [1.165, 1.54) is 0 Å². The van der Waals surface area contributed by atoms with Crippen molar-refractivity contribution in [3.63, 3.8) is 0 Å². The number of hydrogen-bond donors (Lipinski definition) is 2. The Kier molecular flexibility index (Phi) is 3.20. The third-order valence-electron chi connectivity index (χ3n) is 2.35. The molecule has 0 unspecified atom stereocenters. The van der Waals surface area contributed by atoms with E-state index in [9.17, 15) is 8.42 Å². The van der Waals surface area contributed by atoms with Crippen molar-refractivity contribution >= 4 is 21.4 Å². The smallest absolute Gasteiger partial charge is 0.229 e. The zero-order valence-corrected chi connectivity index (χ0v) is 10.6. The van der Waals surface area contributed by atoms with Crippen LogP contribution in [0.25, 0.3) is 11.1 Å². The molecule has 0 atom stereocenters. The number of aromatic nitrogens is 1. The first-order chi connectivity index (χ1) is 8.46. The summed E-state index contributed by atoms with van der Waals surface area (Å²) in [7, 11) is -3.25. The molecule has 1 heterocycles. The minimum atomic E-state index is -3.25. The molecule has 0 fully saturated rings. The van der Waals surface area contributed by atoms with Crippen LogP contribution in [0, 0.1) is 0 Å². The van der Waals surface area contributed by atoms with Crippen molar-refractivity contribution in [1.29, 1.82) is 0 Å². The second-order valence-corrected chi connectivity index (χ2v) is 5.66. The molecule has 18 heavy (non-hydrogen) atoms. The maximum Gasteiger partial charge on any atom is 0.229 e. The number of sulfonamides is 1. The van der Waals surface area contributed by atoms with E-state index in [1.807, 2.05) is 0 Å². The third kappa shape index (κ3) is 2.98. The van der Waals surface area contributed by atoms with Crippen molar-refractivity contribution in [2.45, 2.75) is 0 Å². The van der Waals surface area contributed by atoms with Gasteiger partial charge in [0.15, 0.2) is 0 Å². The predicted octanol–water partition coefficient (Wildman–Crippen LogP) is 1.70. The number of nitrogens with zero attached hydrogens (tertiary/aromatic N) is 1. The molecule has 2 rings (SSSR count). The molecule has 3 N–H and O–H groups in total. The zero-order chi connectivity index (χ0) is 13.2. The van der Waals surface area contributed by atoms with Crippen molar-refractivity contribution in [2.24, 2.45) is 0 Å². The van der Waals surface area contributed by atoms with Gasteiger partial charge in [-0.05, 0) is 23.8 Å². The average molecular weight is 263 g/mol. The summed E-state index contributed by atoms with van der Waals surface area (Å²) in [6, 6.07) is 8.67. The quantitative estimate of drug-likeness (QED) is 0.882. The highest BCUT2D eigenvalue weighted by molar-refractivity contribution is 7.92. The Morgan fingerprint density at radius 3 is 2.39 bits per heavy atom. The van der Waals surface area contributed by atoms with Gasteiger partial charge in [-0.1, -0.05) is 12.1 Å². The third-order valence-corrected chi connectivity index (χ3v) is 2.96. The van der Waals surface area contributed by atoms with Gasteiger partial charge in [0, 0.05) is 29.3 Å².